The van der Waals surface area contributed by atoms with E-state index < -0.39 is 12.3 Å². The second-order valence-electron chi connectivity index (χ2n) is 10.3. The van der Waals surface area contributed by atoms with Gasteiger partial charge in [0.15, 0.2) is 0 Å². The number of carbonyl (C=O) groups is 2. The van der Waals surface area contributed by atoms with Crippen LogP contribution in [0.1, 0.15) is 129 Å². The smallest absolute Gasteiger partial charge is 0.242 e. The van der Waals surface area contributed by atoms with Crippen molar-refractivity contribution in [3.8, 4) is 0 Å². The molecular weight excluding hydrogens is 464 g/mol. The van der Waals surface area contributed by atoms with Crippen LogP contribution in [-0.4, -0.2) is 40.7 Å². The summed E-state index contributed by atoms with van der Waals surface area (Å²) < 4.78 is 0. The van der Waals surface area contributed by atoms with Crippen LogP contribution in [0.4, 0.5) is 0 Å². The van der Waals surface area contributed by atoms with Gasteiger partial charge in [-0.3, -0.25) is 19.9 Å². The molecule has 212 valence electrons. The van der Waals surface area contributed by atoms with Crippen LogP contribution in [0.2, 0.25) is 0 Å². The second kappa shape index (κ2) is 23.2. The molecule has 0 saturated carbocycles. The molecule has 1 unspecified atom stereocenters. The monoisotopic (exact) mass is 518 g/mol. The van der Waals surface area contributed by atoms with Gasteiger partial charge in [0.2, 0.25) is 11.8 Å². The van der Waals surface area contributed by atoms with Gasteiger partial charge in [0, 0.05) is 31.9 Å². The largest absolute Gasteiger partial charge is 0.379 e. The molecule has 0 aliphatic heterocycles. The number of pyridine rings is 1. The van der Waals surface area contributed by atoms with Crippen molar-refractivity contribution in [2.24, 2.45) is 0 Å². The van der Waals surface area contributed by atoms with E-state index in [1.165, 1.54) is 57.8 Å². The van der Waals surface area contributed by atoms with Crippen LogP contribution in [0.25, 0.3) is 0 Å². The number of aliphatic hydroxyl groups excluding tert-OH is 1. The molecule has 37 heavy (non-hydrogen) atoms. The minimum absolute atomic E-state index is 0.0214. The zero-order chi connectivity index (χ0) is 27.0. The number of carbonyl (C=O) groups excluding carboxylic acids is 2. The fraction of sp³-hybridized carbons (Fsp3) is 0.767. The molecule has 0 aliphatic rings. The molecule has 1 aromatic heterocycles. The van der Waals surface area contributed by atoms with E-state index in [1.807, 2.05) is 12.1 Å². The van der Waals surface area contributed by atoms with Crippen molar-refractivity contribution in [3.05, 3.63) is 30.1 Å². The van der Waals surface area contributed by atoms with Crippen LogP contribution in [0.15, 0.2) is 24.5 Å². The summed E-state index contributed by atoms with van der Waals surface area (Å²) >= 11 is 0. The fourth-order valence-electron chi connectivity index (χ4n) is 4.35. The van der Waals surface area contributed by atoms with Crippen LogP contribution < -0.4 is 16.0 Å². The Hall–Kier alpha value is -1.99. The lowest BCUT2D eigenvalue weighted by molar-refractivity contribution is -0.128. The summed E-state index contributed by atoms with van der Waals surface area (Å²) in [5.41, 5.74) is 1.13. The second-order valence-corrected chi connectivity index (χ2v) is 10.3. The molecule has 2 amide bonds. The van der Waals surface area contributed by atoms with Gasteiger partial charge in [-0.15, -0.1) is 0 Å². The third kappa shape index (κ3) is 19.7. The van der Waals surface area contributed by atoms with Crippen molar-refractivity contribution in [1.82, 2.24) is 20.9 Å². The number of aromatic nitrogens is 1. The predicted molar refractivity (Wildman–Crippen MR) is 152 cm³/mol. The van der Waals surface area contributed by atoms with E-state index >= 15 is 0 Å². The van der Waals surface area contributed by atoms with Crippen molar-refractivity contribution in [3.63, 3.8) is 0 Å². The highest BCUT2D eigenvalue weighted by Crippen LogP contribution is 2.11. The number of rotatable bonds is 24. The Kier molecular flexibility index (Phi) is 20.7. The average molecular weight is 519 g/mol. The molecule has 0 radical (unpaired) electrons. The van der Waals surface area contributed by atoms with Gasteiger partial charge in [0.05, 0.1) is 0 Å². The molecule has 4 N–H and O–H groups in total. The van der Waals surface area contributed by atoms with Crippen molar-refractivity contribution in [1.29, 1.82) is 0 Å². The number of nitrogens with zero attached hydrogens (tertiary/aromatic N) is 1. The Morgan fingerprint density at radius 2 is 1.41 bits per heavy atom. The standard InChI is InChI=1S/C30H54N4O3/c1-3-4-5-6-9-13-16-19-29(36)34-26(2)30(37)32-22-17-14-11-8-7-10-12-15-18-28(35)33-25-27-20-23-31-24-21-27/h20-21,23-24,26,28,33,35H,3-19,22,25H2,1-2H3,(H,32,37)(H,34,36)/t26-,28?/m1/s1. The molecule has 0 saturated heterocycles. The van der Waals surface area contributed by atoms with Gasteiger partial charge in [-0.05, 0) is 50.3 Å². The number of amides is 2. The highest BCUT2D eigenvalue weighted by molar-refractivity contribution is 5.87. The lowest BCUT2D eigenvalue weighted by Gasteiger charge is -2.14. The predicted octanol–water partition coefficient (Wildman–Crippen LogP) is 5.76. The highest BCUT2D eigenvalue weighted by Gasteiger charge is 2.14. The zero-order valence-electron chi connectivity index (χ0n) is 23.6. The third-order valence-electron chi connectivity index (χ3n) is 6.77. The SMILES string of the molecule is CCCCCCCCCC(=O)N[C@H](C)C(=O)NCCCCCCCCCCC(O)NCc1ccncc1. The molecular formula is C30H54N4O3. The van der Waals surface area contributed by atoms with Crippen molar-refractivity contribution in [2.45, 2.75) is 142 Å². The first kappa shape index (κ1) is 33.0. The molecule has 2 atom stereocenters. The van der Waals surface area contributed by atoms with Gasteiger partial charge in [-0.1, -0.05) is 84.0 Å². The van der Waals surface area contributed by atoms with Crippen molar-refractivity contribution < 1.29 is 14.7 Å². The summed E-state index contributed by atoms with van der Waals surface area (Å²) in [4.78, 5) is 28.2. The molecule has 0 aromatic carbocycles. The van der Waals surface area contributed by atoms with E-state index in [2.05, 4.69) is 27.9 Å². The molecule has 1 rings (SSSR count). The number of hydrogen-bond donors (Lipinski definition) is 4. The highest BCUT2D eigenvalue weighted by atomic mass is 16.3. The topological polar surface area (TPSA) is 103 Å². The van der Waals surface area contributed by atoms with Crippen LogP contribution >= 0.6 is 0 Å². The van der Waals surface area contributed by atoms with Gasteiger partial charge in [-0.25, -0.2) is 0 Å². The summed E-state index contributed by atoms with van der Waals surface area (Å²) in [7, 11) is 0. The Morgan fingerprint density at radius 1 is 0.838 bits per heavy atom. The Balaban J connectivity index is 1.88. The number of unbranched alkanes of at least 4 members (excludes halogenated alkanes) is 13. The van der Waals surface area contributed by atoms with Gasteiger partial charge < -0.3 is 15.7 Å². The van der Waals surface area contributed by atoms with Gasteiger partial charge in [0.25, 0.3) is 0 Å². The van der Waals surface area contributed by atoms with Crippen LogP contribution in [0.3, 0.4) is 0 Å². The Morgan fingerprint density at radius 3 is 2.05 bits per heavy atom. The first-order chi connectivity index (χ1) is 18.0. The quantitative estimate of drug-likeness (QED) is 0.103. The van der Waals surface area contributed by atoms with Crippen molar-refractivity contribution in [2.75, 3.05) is 6.54 Å². The zero-order valence-corrected chi connectivity index (χ0v) is 23.6. The maximum absolute atomic E-state index is 12.2. The summed E-state index contributed by atoms with van der Waals surface area (Å²) in [5.74, 6) is -0.114. The fourth-order valence-corrected chi connectivity index (χ4v) is 4.35. The van der Waals surface area contributed by atoms with Crippen LogP contribution in [-0.2, 0) is 16.1 Å². The maximum Gasteiger partial charge on any atom is 0.242 e. The molecule has 0 fully saturated rings. The number of nitrogens with one attached hydrogen (secondary N) is 3. The van der Waals surface area contributed by atoms with E-state index in [9.17, 15) is 14.7 Å². The van der Waals surface area contributed by atoms with E-state index in [-0.39, 0.29) is 11.8 Å². The van der Waals surface area contributed by atoms with Crippen LogP contribution in [0.5, 0.6) is 0 Å². The van der Waals surface area contributed by atoms with Crippen molar-refractivity contribution >= 4 is 11.8 Å². The molecule has 0 aliphatic carbocycles. The maximum atomic E-state index is 12.2. The first-order valence-electron chi connectivity index (χ1n) is 14.9. The average Bonchev–Trinajstić information content (AvgIpc) is 2.90. The Labute approximate surface area is 226 Å². The summed E-state index contributed by atoms with van der Waals surface area (Å²) in [5, 5.41) is 19.0. The summed E-state index contributed by atoms with van der Waals surface area (Å²) in [6, 6.07) is 3.43. The lowest BCUT2D eigenvalue weighted by Crippen LogP contribution is -2.45. The molecule has 7 nitrogen and oxygen atoms in total. The van der Waals surface area contributed by atoms with E-state index in [1.54, 1.807) is 19.3 Å². The molecule has 0 spiro atoms. The van der Waals surface area contributed by atoms with Gasteiger partial charge >= 0.3 is 0 Å². The Bertz CT molecular complexity index is 687. The minimum atomic E-state index is -0.471. The molecule has 1 aromatic rings. The van der Waals surface area contributed by atoms with E-state index in [0.717, 1.165) is 50.5 Å². The van der Waals surface area contributed by atoms with E-state index in [4.69, 9.17) is 0 Å². The molecule has 7 heteroatoms. The minimum Gasteiger partial charge on any atom is -0.379 e. The molecule has 0 bridgehead atoms. The van der Waals surface area contributed by atoms with Gasteiger partial charge in [-0.2, -0.15) is 0 Å². The van der Waals surface area contributed by atoms with Crippen LogP contribution in [0, 0.1) is 0 Å². The van der Waals surface area contributed by atoms with E-state index in [0.29, 0.717) is 19.5 Å². The number of aliphatic hydroxyl groups is 1. The normalized spacial score (nSPS) is 12.7. The lowest BCUT2D eigenvalue weighted by atomic mass is 10.1. The number of hydrogen-bond acceptors (Lipinski definition) is 5. The summed E-state index contributed by atoms with van der Waals surface area (Å²) in [6.45, 7) is 5.30. The third-order valence-corrected chi connectivity index (χ3v) is 6.77. The van der Waals surface area contributed by atoms with Gasteiger partial charge in [0.1, 0.15) is 12.3 Å². The first-order valence-corrected chi connectivity index (χ1v) is 14.9. The molecule has 1 heterocycles. The summed E-state index contributed by atoms with van der Waals surface area (Å²) in [6.07, 6.45) is 21.7.